The summed E-state index contributed by atoms with van der Waals surface area (Å²) >= 11 is 0. The molecule has 196 valence electrons. The summed E-state index contributed by atoms with van der Waals surface area (Å²) in [6.07, 6.45) is 14.2. The Morgan fingerprint density at radius 1 is 0.722 bits per heavy atom. The summed E-state index contributed by atoms with van der Waals surface area (Å²) in [6.45, 7) is 4.50. The molecule has 36 heavy (non-hydrogen) atoms. The zero-order valence-corrected chi connectivity index (χ0v) is 22.3. The number of aryl methyl sites for hydroxylation is 2. The van der Waals surface area contributed by atoms with Gasteiger partial charge in [-0.3, -0.25) is 0 Å². The van der Waals surface area contributed by atoms with Crippen LogP contribution < -0.4 is 0 Å². The van der Waals surface area contributed by atoms with Gasteiger partial charge in [-0.05, 0) is 79.8 Å². The third-order valence-electron chi connectivity index (χ3n) is 7.33. The van der Waals surface area contributed by atoms with E-state index in [0.717, 1.165) is 51.4 Å². The van der Waals surface area contributed by atoms with Crippen LogP contribution in [0.4, 0.5) is 0 Å². The number of carbonyl (C=O) groups is 2. The Bertz CT molecular complexity index is 910. The predicted molar refractivity (Wildman–Crippen MR) is 145 cm³/mol. The number of hydrogen-bond donors (Lipinski definition) is 0. The minimum absolute atomic E-state index is 0.0998. The van der Waals surface area contributed by atoms with Gasteiger partial charge in [0.2, 0.25) is 0 Å². The Kier molecular flexibility index (Phi) is 12.0. The highest BCUT2D eigenvalue weighted by molar-refractivity contribution is 5.90. The maximum atomic E-state index is 13.0. The molecular formula is C32H44O4. The molecule has 0 aromatic heterocycles. The van der Waals surface area contributed by atoms with E-state index in [1.54, 1.807) is 0 Å². The molecular weight excluding hydrogens is 448 g/mol. The van der Waals surface area contributed by atoms with E-state index in [-0.39, 0.29) is 24.5 Å². The molecule has 0 spiro atoms. The smallest absolute Gasteiger partial charge is 0.338 e. The van der Waals surface area contributed by atoms with Crippen LogP contribution in [0.25, 0.3) is 0 Å². The van der Waals surface area contributed by atoms with Crippen LogP contribution in [0.5, 0.6) is 0 Å². The molecule has 2 aromatic carbocycles. The van der Waals surface area contributed by atoms with Crippen LogP contribution in [-0.4, -0.2) is 24.6 Å². The Balaban J connectivity index is 1.57. The molecule has 0 aliphatic heterocycles. The number of carbonyl (C=O) groups excluding carboxylic acids is 2. The van der Waals surface area contributed by atoms with Gasteiger partial charge >= 0.3 is 11.9 Å². The quantitative estimate of drug-likeness (QED) is 0.197. The number of unbranched alkanes of at least 4 members (excludes halogenated alkanes) is 4. The van der Waals surface area contributed by atoms with Crippen LogP contribution in [-0.2, 0) is 22.3 Å². The van der Waals surface area contributed by atoms with E-state index in [1.165, 1.54) is 43.2 Å². The lowest BCUT2D eigenvalue weighted by Crippen LogP contribution is -2.33. The summed E-state index contributed by atoms with van der Waals surface area (Å²) in [5.74, 6) is -0.466. The van der Waals surface area contributed by atoms with Crippen molar-refractivity contribution in [1.29, 1.82) is 0 Å². The molecule has 0 radical (unpaired) electrons. The Morgan fingerprint density at radius 2 is 1.22 bits per heavy atom. The first-order chi connectivity index (χ1) is 17.6. The van der Waals surface area contributed by atoms with E-state index >= 15 is 0 Å². The van der Waals surface area contributed by atoms with E-state index in [0.29, 0.717) is 11.1 Å². The van der Waals surface area contributed by atoms with Crippen molar-refractivity contribution in [2.75, 3.05) is 6.61 Å². The van der Waals surface area contributed by atoms with E-state index in [4.69, 9.17) is 9.47 Å². The minimum Gasteiger partial charge on any atom is -0.458 e. The van der Waals surface area contributed by atoms with Crippen LogP contribution in [0, 0.1) is 5.92 Å². The average Bonchev–Trinajstić information content (AvgIpc) is 2.92. The van der Waals surface area contributed by atoms with Crippen LogP contribution in [0.1, 0.15) is 116 Å². The molecule has 0 saturated heterocycles. The maximum Gasteiger partial charge on any atom is 0.338 e. The van der Waals surface area contributed by atoms with Crippen molar-refractivity contribution in [1.82, 2.24) is 0 Å². The molecule has 0 bridgehead atoms. The van der Waals surface area contributed by atoms with Gasteiger partial charge in [-0.1, -0.05) is 83.1 Å². The number of hydrogen-bond acceptors (Lipinski definition) is 4. The lowest BCUT2D eigenvalue weighted by atomic mass is 9.85. The van der Waals surface area contributed by atoms with E-state index < -0.39 is 6.10 Å². The predicted octanol–water partition coefficient (Wildman–Crippen LogP) is 8.11. The molecule has 2 aromatic rings. The van der Waals surface area contributed by atoms with Crippen molar-refractivity contribution in [2.45, 2.75) is 103 Å². The summed E-state index contributed by atoms with van der Waals surface area (Å²) in [7, 11) is 0. The zero-order chi connectivity index (χ0) is 25.6. The molecule has 4 heteroatoms. The van der Waals surface area contributed by atoms with Gasteiger partial charge in [-0.15, -0.1) is 0 Å². The summed E-state index contributed by atoms with van der Waals surface area (Å²) in [4.78, 5) is 25.7. The first-order valence-electron chi connectivity index (χ1n) is 14.2. The minimum atomic E-state index is -0.417. The summed E-state index contributed by atoms with van der Waals surface area (Å²) < 4.78 is 11.6. The zero-order valence-electron chi connectivity index (χ0n) is 22.3. The van der Waals surface area contributed by atoms with Gasteiger partial charge in [0.1, 0.15) is 12.7 Å². The van der Waals surface area contributed by atoms with E-state index in [2.05, 4.69) is 13.8 Å². The molecule has 4 nitrogen and oxygen atoms in total. The molecule has 0 amide bonds. The highest BCUT2D eigenvalue weighted by atomic mass is 16.6. The van der Waals surface area contributed by atoms with E-state index in [9.17, 15) is 9.59 Å². The summed E-state index contributed by atoms with van der Waals surface area (Å²) in [6, 6.07) is 15.5. The Labute approximate surface area is 217 Å². The lowest BCUT2D eigenvalue weighted by Gasteiger charge is -2.29. The molecule has 0 heterocycles. The van der Waals surface area contributed by atoms with Crippen molar-refractivity contribution in [3.05, 3.63) is 70.8 Å². The largest absolute Gasteiger partial charge is 0.458 e. The molecule has 1 unspecified atom stereocenters. The molecule has 1 atom stereocenters. The molecule has 1 aliphatic rings. The van der Waals surface area contributed by atoms with E-state index in [1.807, 2.05) is 48.5 Å². The second kappa shape index (κ2) is 15.5. The first-order valence-corrected chi connectivity index (χ1v) is 14.2. The number of esters is 2. The first kappa shape index (κ1) is 28.0. The van der Waals surface area contributed by atoms with Gasteiger partial charge in [0.25, 0.3) is 0 Å². The monoisotopic (exact) mass is 492 g/mol. The number of ether oxygens (including phenoxy) is 2. The van der Waals surface area contributed by atoms with Crippen molar-refractivity contribution in [3.63, 3.8) is 0 Å². The fourth-order valence-electron chi connectivity index (χ4n) is 4.99. The van der Waals surface area contributed by atoms with Gasteiger partial charge in [0.05, 0.1) is 11.1 Å². The lowest BCUT2D eigenvalue weighted by molar-refractivity contribution is -0.0247. The summed E-state index contributed by atoms with van der Waals surface area (Å²) in [5, 5.41) is 0. The topological polar surface area (TPSA) is 52.6 Å². The highest BCUT2D eigenvalue weighted by Gasteiger charge is 2.29. The van der Waals surface area contributed by atoms with Crippen LogP contribution in [0.15, 0.2) is 48.5 Å². The number of benzene rings is 2. The number of rotatable bonds is 14. The SMILES string of the molecule is CCCCCc1ccc(C(=O)OCC(OC(=O)c2ccc(CCCCC)cc2)C2CCCCC2)cc1. The third-order valence-corrected chi connectivity index (χ3v) is 7.33. The van der Waals surface area contributed by atoms with Crippen LogP contribution >= 0.6 is 0 Å². The van der Waals surface area contributed by atoms with Crippen molar-refractivity contribution in [3.8, 4) is 0 Å². The van der Waals surface area contributed by atoms with Crippen LogP contribution in [0.2, 0.25) is 0 Å². The highest BCUT2D eigenvalue weighted by Crippen LogP contribution is 2.29. The third kappa shape index (κ3) is 9.11. The maximum absolute atomic E-state index is 13.0. The van der Waals surface area contributed by atoms with Gasteiger partial charge in [-0.25, -0.2) is 9.59 Å². The fourth-order valence-corrected chi connectivity index (χ4v) is 4.99. The Hall–Kier alpha value is -2.62. The molecule has 1 fully saturated rings. The standard InChI is InChI=1S/C32H44O4/c1-3-5-8-12-25-16-20-28(21-17-25)31(33)35-24-30(27-14-10-7-11-15-27)36-32(34)29-22-18-26(19-23-29)13-9-6-4-2/h16-23,27,30H,3-15,24H2,1-2H3. The van der Waals surface area contributed by atoms with Crippen molar-refractivity contribution >= 4 is 11.9 Å². The molecule has 1 saturated carbocycles. The normalized spacial score (nSPS) is 14.8. The molecule has 3 rings (SSSR count). The van der Waals surface area contributed by atoms with Crippen molar-refractivity contribution in [2.24, 2.45) is 5.92 Å². The molecule has 0 N–H and O–H groups in total. The second-order valence-electron chi connectivity index (χ2n) is 10.2. The average molecular weight is 493 g/mol. The van der Waals surface area contributed by atoms with Gasteiger partial charge in [-0.2, -0.15) is 0 Å². The van der Waals surface area contributed by atoms with Crippen molar-refractivity contribution < 1.29 is 19.1 Å². The van der Waals surface area contributed by atoms with Gasteiger partial charge < -0.3 is 9.47 Å². The second-order valence-corrected chi connectivity index (χ2v) is 10.2. The molecule has 1 aliphatic carbocycles. The van der Waals surface area contributed by atoms with Gasteiger partial charge in [0.15, 0.2) is 0 Å². The van der Waals surface area contributed by atoms with Gasteiger partial charge in [0, 0.05) is 0 Å². The summed E-state index contributed by atoms with van der Waals surface area (Å²) in [5.41, 5.74) is 3.58. The Morgan fingerprint density at radius 3 is 1.72 bits per heavy atom. The van der Waals surface area contributed by atoms with Crippen LogP contribution in [0.3, 0.4) is 0 Å². The fraction of sp³-hybridized carbons (Fsp3) is 0.562.